The van der Waals surface area contributed by atoms with Gasteiger partial charge in [0.05, 0.1) is 12.0 Å². The highest BCUT2D eigenvalue weighted by atomic mass is 16.6. The van der Waals surface area contributed by atoms with Crippen LogP contribution in [0.25, 0.3) is 0 Å². The summed E-state index contributed by atoms with van der Waals surface area (Å²) < 4.78 is 4.47. The predicted molar refractivity (Wildman–Crippen MR) is 45.3 cm³/mol. The number of hydrogen-bond acceptors (Lipinski definition) is 3. The smallest absolute Gasteiger partial charge is 0.346 e. The van der Waals surface area contributed by atoms with Crippen LogP contribution in [0.3, 0.4) is 0 Å². The van der Waals surface area contributed by atoms with Crippen LogP contribution in [-0.2, 0) is 16.0 Å². The highest BCUT2D eigenvalue weighted by Gasteiger charge is 2.23. The van der Waals surface area contributed by atoms with Crippen molar-refractivity contribution in [2.24, 2.45) is 0 Å². The molecule has 1 aromatic rings. The second kappa shape index (κ2) is 2.69. The van der Waals surface area contributed by atoms with E-state index in [2.05, 4.69) is 4.74 Å². The first kappa shape index (κ1) is 7.98. The molecule has 1 aromatic carbocycles. The summed E-state index contributed by atoms with van der Waals surface area (Å²) in [5.74, 6) is -1.01. The van der Waals surface area contributed by atoms with Gasteiger partial charge in [0, 0.05) is 0 Å². The zero-order valence-electron chi connectivity index (χ0n) is 7.16. The maximum atomic E-state index is 11.2. The first-order valence-electron chi connectivity index (χ1n) is 4.01. The Morgan fingerprint density at radius 3 is 2.85 bits per heavy atom. The van der Waals surface area contributed by atoms with Crippen LogP contribution in [0.1, 0.15) is 21.5 Å². The molecule has 3 nitrogen and oxygen atoms in total. The molecule has 0 fully saturated rings. The Kier molecular flexibility index (Phi) is 1.65. The van der Waals surface area contributed by atoms with Crippen molar-refractivity contribution in [3.05, 3.63) is 34.9 Å². The average molecular weight is 176 g/mol. The number of esters is 2. The summed E-state index contributed by atoms with van der Waals surface area (Å²) >= 11 is 0. The van der Waals surface area contributed by atoms with Crippen LogP contribution in [0, 0.1) is 6.92 Å². The van der Waals surface area contributed by atoms with Crippen molar-refractivity contribution in [1.29, 1.82) is 0 Å². The molecule has 0 amide bonds. The van der Waals surface area contributed by atoms with Crippen molar-refractivity contribution in [2.75, 3.05) is 0 Å². The van der Waals surface area contributed by atoms with Crippen molar-refractivity contribution < 1.29 is 14.3 Å². The van der Waals surface area contributed by atoms with E-state index in [4.69, 9.17) is 0 Å². The number of hydrogen-bond donors (Lipinski definition) is 0. The fourth-order valence-electron chi connectivity index (χ4n) is 1.42. The van der Waals surface area contributed by atoms with Gasteiger partial charge in [0.25, 0.3) is 0 Å². The molecule has 1 aliphatic rings. The van der Waals surface area contributed by atoms with Crippen LogP contribution < -0.4 is 0 Å². The van der Waals surface area contributed by atoms with E-state index in [-0.39, 0.29) is 6.42 Å². The maximum absolute atomic E-state index is 11.2. The van der Waals surface area contributed by atoms with E-state index < -0.39 is 11.9 Å². The zero-order valence-corrected chi connectivity index (χ0v) is 7.16. The maximum Gasteiger partial charge on any atom is 0.346 e. The lowest BCUT2D eigenvalue weighted by molar-refractivity contribution is -0.137. The molecule has 0 N–H and O–H groups in total. The summed E-state index contributed by atoms with van der Waals surface area (Å²) in [6.45, 7) is 1.92. The number of carbonyl (C=O) groups excluding carboxylic acids is 2. The highest BCUT2D eigenvalue weighted by molar-refractivity contribution is 6.02. The first-order valence-corrected chi connectivity index (χ1v) is 4.01. The molecule has 0 saturated carbocycles. The summed E-state index contributed by atoms with van der Waals surface area (Å²) in [7, 11) is 0. The van der Waals surface area contributed by atoms with E-state index in [1.54, 1.807) is 6.07 Å². The molecule has 0 aromatic heterocycles. The van der Waals surface area contributed by atoms with E-state index in [0.717, 1.165) is 11.1 Å². The van der Waals surface area contributed by atoms with Gasteiger partial charge in [0.1, 0.15) is 0 Å². The normalized spacial score (nSPS) is 15.2. The third-order valence-corrected chi connectivity index (χ3v) is 2.02. The van der Waals surface area contributed by atoms with E-state index in [0.29, 0.717) is 5.56 Å². The number of ether oxygens (including phenoxy) is 1. The quantitative estimate of drug-likeness (QED) is 0.441. The van der Waals surface area contributed by atoms with Crippen molar-refractivity contribution in [3.63, 3.8) is 0 Å². The number of fused-ring (bicyclic) bond motifs is 1. The molecule has 13 heavy (non-hydrogen) atoms. The monoisotopic (exact) mass is 176 g/mol. The Morgan fingerprint density at radius 1 is 1.31 bits per heavy atom. The average Bonchev–Trinajstić information content (AvgIpc) is 2.02. The van der Waals surface area contributed by atoms with E-state index in [9.17, 15) is 9.59 Å². The van der Waals surface area contributed by atoms with Crippen LogP contribution >= 0.6 is 0 Å². The Hall–Kier alpha value is -1.64. The molecule has 1 aliphatic heterocycles. The molecular weight excluding hydrogens is 168 g/mol. The number of cyclic esters (lactones) is 2. The Labute approximate surface area is 75.3 Å². The lowest BCUT2D eigenvalue weighted by atomic mass is 10.0. The molecule has 0 aliphatic carbocycles. The summed E-state index contributed by atoms with van der Waals surface area (Å²) in [5.41, 5.74) is 2.31. The Balaban J connectivity index is 2.55. The van der Waals surface area contributed by atoms with Gasteiger partial charge in [-0.2, -0.15) is 0 Å². The fourth-order valence-corrected chi connectivity index (χ4v) is 1.42. The fraction of sp³-hybridized carbons (Fsp3) is 0.200. The van der Waals surface area contributed by atoms with Crippen LogP contribution in [-0.4, -0.2) is 11.9 Å². The highest BCUT2D eigenvalue weighted by Crippen LogP contribution is 2.18. The molecule has 0 saturated heterocycles. The molecule has 0 radical (unpaired) electrons. The van der Waals surface area contributed by atoms with Gasteiger partial charge in [0.2, 0.25) is 0 Å². The SMILES string of the molecule is Cc1ccc2c(c1)CC(=O)OC2=O. The van der Waals surface area contributed by atoms with Gasteiger partial charge in [0.15, 0.2) is 0 Å². The number of rotatable bonds is 0. The predicted octanol–water partition coefficient (Wildman–Crippen LogP) is 1.23. The van der Waals surface area contributed by atoms with Gasteiger partial charge < -0.3 is 4.74 Å². The third kappa shape index (κ3) is 1.33. The minimum atomic E-state index is -0.536. The van der Waals surface area contributed by atoms with Gasteiger partial charge >= 0.3 is 11.9 Å². The largest absolute Gasteiger partial charge is 0.389 e. The topological polar surface area (TPSA) is 43.4 Å². The van der Waals surface area contributed by atoms with E-state index in [1.807, 2.05) is 19.1 Å². The van der Waals surface area contributed by atoms with Crippen LogP contribution in [0.2, 0.25) is 0 Å². The van der Waals surface area contributed by atoms with Crippen molar-refractivity contribution in [1.82, 2.24) is 0 Å². The molecule has 3 heteroatoms. The lowest BCUT2D eigenvalue weighted by Crippen LogP contribution is -2.22. The second-order valence-corrected chi connectivity index (χ2v) is 3.10. The molecule has 0 bridgehead atoms. The standard InChI is InChI=1S/C10H8O3/c1-6-2-3-8-7(4-6)5-9(11)13-10(8)12/h2-4H,5H2,1H3. The lowest BCUT2D eigenvalue weighted by Gasteiger charge is -2.13. The summed E-state index contributed by atoms with van der Waals surface area (Å²) in [6, 6.07) is 5.36. The van der Waals surface area contributed by atoms with E-state index >= 15 is 0 Å². The minimum Gasteiger partial charge on any atom is -0.389 e. The van der Waals surface area contributed by atoms with Crippen LogP contribution in [0.15, 0.2) is 18.2 Å². The van der Waals surface area contributed by atoms with Crippen molar-refractivity contribution in [2.45, 2.75) is 13.3 Å². The Bertz CT molecular complexity index is 393. The van der Waals surface area contributed by atoms with E-state index in [1.165, 1.54) is 0 Å². The van der Waals surface area contributed by atoms with Gasteiger partial charge in [-0.1, -0.05) is 17.7 Å². The summed E-state index contributed by atoms with van der Waals surface area (Å²) in [6.07, 6.45) is 0.197. The van der Waals surface area contributed by atoms with Crippen molar-refractivity contribution in [3.8, 4) is 0 Å². The third-order valence-electron chi connectivity index (χ3n) is 2.02. The minimum absolute atomic E-state index is 0.197. The molecule has 1 heterocycles. The van der Waals surface area contributed by atoms with Gasteiger partial charge in [-0.15, -0.1) is 0 Å². The van der Waals surface area contributed by atoms with Crippen molar-refractivity contribution >= 4 is 11.9 Å². The summed E-state index contributed by atoms with van der Waals surface area (Å²) in [5, 5.41) is 0. The number of benzene rings is 1. The summed E-state index contributed by atoms with van der Waals surface area (Å²) in [4.78, 5) is 22.1. The molecule has 0 atom stereocenters. The molecule has 0 unspecified atom stereocenters. The van der Waals surface area contributed by atoms with Crippen LogP contribution in [0.5, 0.6) is 0 Å². The molecule has 66 valence electrons. The van der Waals surface area contributed by atoms with Crippen LogP contribution in [0.4, 0.5) is 0 Å². The number of aryl methyl sites for hydroxylation is 1. The first-order chi connectivity index (χ1) is 6.16. The molecular formula is C10H8O3. The molecule has 2 rings (SSSR count). The van der Waals surface area contributed by atoms with Gasteiger partial charge in [-0.25, -0.2) is 4.79 Å². The molecule has 0 spiro atoms. The van der Waals surface area contributed by atoms with Gasteiger partial charge in [-0.3, -0.25) is 4.79 Å². The second-order valence-electron chi connectivity index (χ2n) is 3.10. The van der Waals surface area contributed by atoms with Gasteiger partial charge in [-0.05, 0) is 18.6 Å². The number of carbonyl (C=O) groups is 2. The zero-order chi connectivity index (χ0) is 9.42. The Morgan fingerprint density at radius 2 is 2.08 bits per heavy atom.